The third kappa shape index (κ3) is 7.62. The highest BCUT2D eigenvalue weighted by molar-refractivity contribution is 14.0. The van der Waals surface area contributed by atoms with Gasteiger partial charge in [0.2, 0.25) is 0 Å². The van der Waals surface area contributed by atoms with Crippen LogP contribution in [-0.4, -0.2) is 68.5 Å². The van der Waals surface area contributed by atoms with Crippen LogP contribution in [-0.2, 0) is 4.74 Å². The Morgan fingerprint density at radius 1 is 1.27 bits per heavy atom. The molecule has 1 atom stereocenters. The Bertz CT molecular complexity index is 597. The lowest BCUT2D eigenvalue weighted by Crippen LogP contribution is -2.46. The third-order valence-electron chi connectivity index (χ3n) is 6.29. The maximum Gasteiger partial charge on any atom is 0.191 e. The van der Waals surface area contributed by atoms with Crippen LogP contribution in [0.25, 0.3) is 0 Å². The fraction of sp³-hybridized carbons (Fsp3) is 0.773. The zero-order valence-corrected chi connectivity index (χ0v) is 21.4. The molecule has 3 rings (SSSR count). The molecule has 172 valence electrons. The van der Waals surface area contributed by atoms with Crippen molar-refractivity contribution in [3.05, 3.63) is 22.4 Å². The molecule has 1 saturated heterocycles. The molecule has 1 saturated carbocycles. The van der Waals surface area contributed by atoms with E-state index in [4.69, 9.17) is 9.73 Å². The van der Waals surface area contributed by atoms with Gasteiger partial charge in [-0.25, -0.2) is 0 Å². The van der Waals surface area contributed by atoms with E-state index in [0.717, 1.165) is 58.3 Å². The van der Waals surface area contributed by atoms with Crippen molar-refractivity contribution >= 4 is 41.3 Å². The first-order valence-electron chi connectivity index (χ1n) is 11.2. The van der Waals surface area contributed by atoms with Gasteiger partial charge in [-0.05, 0) is 43.0 Å². The van der Waals surface area contributed by atoms with Crippen LogP contribution in [0, 0.1) is 5.41 Å². The second-order valence-electron chi connectivity index (χ2n) is 8.29. The number of morpholine rings is 1. The molecule has 30 heavy (non-hydrogen) atoms. The van der Waals surface area contributed by atoms with E-state index >= 15 is 0 Å². The number of nitrogens with one attached hydrogen (secondary N) is 2. The molecule has 0 aromatic carbocycles. The number of guanidine groups is 1. The Hall–Kier alpha value is -0.420. The monoisotopic (exact) mass is 550 g/mol. The predicted octanol–water partition coefficient (Wildman–Crippen LogP) is 3.63. The van der Waals surface area contributed by atoms with Gasteiger partial charge in [-0.1, -0.05) is 25.3 Å². The molecule has 3 N–H and O–H groups in total. The molecule has 0 radical (unpaired) electrons. The molecule has 1 aromatic heterocycles. The van der Waals surface area contributed by atoms with E-state index in [9.17, 15) is 5.11 Å². The van der Waals surface area contributed by atoms with Crippen LogP contribution in [0.2, 0.25) is 0 Å². The van der Waals surface area contributed by atoms with Gasteiger partial charge >= 0.3 is 0 Å². The lowest BCUT2D eigenvalue weighted by atomic mass is 9.72. The van der Waals surface area contributed by atoms with E-state index in [0.29, 0.717) is 6.04 Å². The minimum Gasteiger partial charge on any atom is -0.396 e. The van der Waals surface area contributed by atoms with Crippen LogP contribution in [0.3, 0.4) is 0 Å². The molecular weight excluding hydrogens is 511 g/mol. The van der Waals surface area contributed by atoms with Crippen molar-refractivity contribution in [2.45, 2.75) is 51.5 Å². The van der Waals surface area contributed by atoms with E-state index in [1.807, 2.05) is 11.3 Å². The SMILES string of the molecule is CCNC(=NCC1(CCO)CCCCC1)NCC(c1cccs1)N1CCOCC1.I. The lowest BCUT2D eigenvalue weighted by Gasteiger charge is -2.36. The number of rotatable bonds is 9. The number of aliphatic hydroxyl groups is 1. The van der Waals surface area contributed by atoms with E-state index in [1.165, 1.54) is 37.0 Å². The molecule has 8 heteroatoms. The minimum atomic E-state index is 0. The van der Waals surface area contributed by atoms with Gasteiger partial charge in [-0.15, -0.1) is 35.3 Å². The van der Waals surface area contributed by atoms with Gasteiger partial charge in [0.15, 0.2) is 5.96 Å². The van der Waals surface area contributed by atoms with Crippen molar-refractivity contribution in [3.63, 3.8) is 0 Å². The second kappa shape index (κ2) is 13.9. The zero-order valence-electron chi connectivity index (χ0n) is 18.3. The topological polar surface area (TPSA) is 69.1 Å². The summed E-state index contributed by atoms with van der Waals surface area (Å²) in [7, 11) is 0. The van der Waals surface area contributed by atoms with Crippen LogP contribution in [0.5, 0.6) is 0 Å². The summed E-state index contributed by atoms with van der Waals surface area (Å²) in [5.74, 6) is 0.894. The third-order valence-corrected chi connectivity index (χ3v) is 7.27. The Kier molecular flexibility index (Phi) is 12.0. The Morgan fingerprint density at radius 2 is 2.03 bits per heavy atom. The minimum absolute atomic E-state index is 0. The summed E-state index contributed by atoms with van der Waals surface area (Å²) in [4.78, 5) is 8.87. The van der Waals surface area contributed by atoms with Crippen molar-refractivity contribution in [2.24, 2.45) is 10.4 Å². The summed E-state index contributed by atoms with van der Waals surface area (Å²) >= 11 is 1.82. The Labute approximate surface area is 202 Å². The lowest BCUT2D eigenvalue weighted by molar-refractivity contribution is 0.0177. The summed E-state index contributed by atoms with van der Waals surface area (Å²) in [6, 6.07) is 4.70. The molecule has 2 aliphatic rings. The van der Waals surface area contributed by atoms with Crippen molar-refractivity contribution in [1.29, 1.82) is 0 Å². The first-order valence-corrected chi connectivity index (χ1v) is 12.1. The Balaban J connectivity index is 0.00000320. The van der Waals surface area contributed by atoms with Gasteiger partial charge in [0.05, 0.1) is 19.3 Å². The van der Waals surface area contributed by atoms with Crippen LogP contribution >= 0.6 is 35.3 Å². The Morgan fingerprint density at radius 3 is 2.67 bits per heavy atom. The number of hydrogen-bond acceptors (Lipinski definition) is 5. The van der Waals surface area contributed by atoms with Crippen LogP contribution < -0.4 is 10.6 Å². The number of ether oxygens (including phenoxy) is 1. The number of thiophene rings is 1. The summed E-state index contributed by atoms with van der Waals surface area (Å²) in [5.41, 5.74) is 0.173. The van der Waals surface area contributed by atoms with Crippen molar-refractivity contribution in [1.82, 2.24) is 15.5 Å². The van der Waals surface area contributed by atoms with Crippen LogP contribution in [0.1, 0.15) is 56.4 Å². The van der Waals surface area contributed by atoms with E-state index in [2.05, 4.69) is 40.0 Å². The number of nitrogens with zero attached hydrogens (tertiary/aromatic N) is 2. The molecule has 6 nitrogen and oxygen atoms in total. The zero-order chi connectivity index (χ0) is 20.4. The largest absolute Gasteiger partial charge is 0.396 e. The van der Waals surface area contributed by atoms with Crippen molar-refractivity contribution in [2.75, 3.05) is 52.5 Å². The number of hydrogen-bond donors (Lipinski definition) is 3. The summed E-state index contributed by atoms with van der Waals surface area (Å²) in [5, 5.41) is 18.8. The van der Waals surface area contributed by atoms with Crippen LogP contribution in [0.4, 0.5) is 0 Å². The molecule has 0 bridgehead atoms. The van der Waals surface area contributed by atoms with Gasteiger partial charge in [0, 0.05) is 44.2 Å². The second-order valence-corrected chi connectivity index (χ2v) is 9.27. The number of halogens is 1. The fourth-order valence-electron chi connectivity index (χ4n) is 4.59. The smallest absolute Gasteiger partial charge is 0.191 e. The van der Waals surface area contributed by atoms with Gasteiger partial charge in [0.1, 0.15) is 0 Å². The average molecular weight is 551 g/mol. The van der Waals surface area contributed by atoms with E-state index in [-0.39, 0.29) is 36.0 Å². The van der Waals surface area contributed by atoms with Crippen molar-refractivity contribution < 1.29 is 9.84 Å². The maximum absolute atomic E-state index is 9.58. The molecule has 1 aliphatic heterocycles. The molecule has 0 spiro atoms. The van der Waals surface area contributed by atoms with E-state index < -0.39 is 0 Å². The predicted molar refractivity (Wildman–Crippen MR) is 136 cm³/mol. The summed E-state index contributed by atoms with van der Waals surface area (Å²) < 4.78 is 5.56. The van der Waals surface area contributed by atoms with E-state index in [1.54, 1.807) is 0 Å². The first-order chi connectivity index (χ1) is 14.3. The number of aliphatic hydroxyl groups excluding tert-OH is 1. The molecular formula is C22H39IN4O2S. The highest BCUT2D eigenvalue weighted by atomic mass is 127. The van der Waals surface area contributed by atoms with Gasteiger partial charge in [-0.2, -0.15) is 0 Å². The number of aliphatic imine (C=N–C) groups is 1. The average Bonchev–Trinajstić information content (AvgIpc) is 3.28. The maximum atomic E-state index is 9.58. The van der Waals surface area contributed by atoms with Gasteiger partial charge in [0.25, 0.3) is 0 Å². The van der Waals surface area contributed by atoms with Crippen LogP contribution in [0.15, 0.2) is 22.5 Å². The molecule has 1 aliphatic carbocycles. The summed E-state index contributed by atoms with van der Waals surface area (Å²) in [6.07, 6.45) is 7.07. The molecule has 0 amide bonds. The normalized spacial score (nSPS) is 20.9. The highest BCUT2D eigenvalue weighted by Crippen LogP contribution is 2.39. The van der Waals surface area contributed by atoms with Crippen molar-refractivity contribution in [3.8, 4) is 0 Å². The van der Waals surface area contributed by atoms with Gasteiger partial charge < -0.3 is 20.5 Å². The first kappa shape index (κ1) is 25.8. The quantitative estimate of drug-likeness (QED) is 0.249. The van der Waals surface area contributed by atoms with Gasteiger partial charge in [-0.3, -0.25) is 9.89 Å². The molecule has 1 aromatic rings. The molecule has 1 unspecified atom stereocenters. The summed E-state index contributed by atoms with van der Waals surface area (Å²) in [6.45, 7) is 8.40. The standard InChI is InChI=1S/C22H38N4O2S.HI/c1-2-23-21(25-18-22(10-13-27)8-4-3-5-9-22)24-17-19(20-7-6-16-29-20)26-11-14-28-15-12-26;/h6-7,16,19,27H,2-5,8-15,17-18H2,1H3,(H2,23,24,25);1H. The molecule has 2 heterocycles. The fourth-order valence-corrected chi connectivity index (χ4v) is 5.45. The molecule has 2 fully saturated rings. The highest BCUT2D eigenvalue weighted by Gasteiger charge is 2.31.